The highest BCUT2D eigenvalue weighted by molar-refractivity contribution is 5.72. The van der Waals surface area contributed by atoms with Gasteiger partial charge in [0.05, 0.1) is 11.3 Å². The van der Waals surface area contributed by atoms with Gasteiger partial charge in [-0.2, -0.15) is 5.10 Å². The quantitative estimate of drug-likeness (QED) is 0.748. The van der Waals surface area contributed by atoms with E-state index in [2.05, 4.69) is 5.10 Å². The Hall–Kier alpha value is -1.71. The molecule has 0 saturated heterocycles. The molecule has 14 heavy (non-hydrogen) atoms. The van der Waals surface area contributed by atoms with Crippen LogP contribution in [0.15, 0.2) is 16.5 Å². The number of aromatic nitrogens is 2. The predicted molar refractivity (Wildman–Crippen MR) is 54.8 cm³/mol. The number of hydrogen-bond donors (Lipinski definition) is 1. The minimum absolute atomic E-state index is 0.636. The third-order valence-corrected chi connectivity index (χ3v) is 2.25. The van der Waals surface area contributed by atoms with Crippen molar-refractivity contribution in [2.45, 2.75) is 13.8 Å². The normalized spacial score (nSPS) is 10.8. The van der Waals surface area contributed by atoms with Crippen LogP contribution in [0, 0.1) is 13.8 Å². The van der Waals surface area contributed by atoms with Gasteiger partial charge in [-0.25, -0.2) is 0 Å². The lowest BCUT2D eigenvalue weighted by Crippen LogP contribution is -1.97. The molecule has 0 bridgehead atoms. The standard InChI is InChI=1S/C10H13N3O/c1-6-4-5-8(14-6)9-7(2)12-13(3)10(9)11/h4-5H,11H2,1-3H3. The van der Waals surface area contributed by atoms with Gasteiger partial charge in [-0.1, -0.05) is 0 Å². The monoisotopic (exact) mass is 191 g/mol. The van der Waals surface area contributed by atoms with Gasteiger partial charge in [-0.3, -0.25) is 4.68 Å². The molecule has 0 aliphatic carbocycles. The molecule has 4 nitrogen and oxygen atoms in total. The van der Waals surface area contributed by atoms with Crippen LogP contribution in [-0.2, 0) is 7.05 Å². The first-order chi connectivity index (χ1) is 6.59. The Labute approximate surface area is 82.3 Å². The van der Waals surface area contributed by atoms with Crippen LogP contribution in [-0.4, -0.2) is 9.78 Å². The van der Waals surface area contributed by atoms with Crippen molar-refractivity contribution >= 4 is 5.82 Å². The molecular weight excluding hydrogens is 178 g/mol. The molecular formula is C10H13N3O. The van der Waals surface area contributed by atoms with Crippen LogP contribution in [0.1, 0.15) is 11.5 Å². The number of furan rings is 1. The second kappa shape index (κ2) is 2.90. The van der Waals surface area contributed by atoms with Gasteiger partial charge in [0.25, 0.3) is 0 Å². The maximum absolute atomic E-state index is 5.89. The Morgan fingerprint density at radius 2 is 2.07 bits per heavy atom. The van der Waals surface area contributed by atoms with Crippen molar-refractivity contribution in [2.24, 2.45) is 7.05 Å². The van der Waals surface area contributed by atoms with Crippen LogP contribution in [0.3, 0.4) is 0 Å². The van der Waals surface area contributed by atoms with Crippen LogP contribution in [0.5, 0.6) is 0 Å². The van der Waals surface area contributed by atoms with Crippen molar-refractivity contribution in [3.63, 3.8) is 0 Å². The fourth-order valence-corrected chi connectivity index (χ4v) is 1.55. The van der Waals surface area contributed by atoms with Gasteiger partial charge in [-0.05, 0) is 26.0 Å². The van der Waals surface area contributed by atoms with Crippen LogP contribution < -0.4 is 5.73 Å². The molecule has 2 aromatic heterocycles. The van der Waals surface area contributed by atoms with E-state index in [1.165, 1.54) is 0 Å². The summed E-state index contributed by atoms with van der Waals surface area (Å²) in [5, 5.41) is 4.23. The maximum Gasteiger partial charge on any atom is 0.139 e. The van der Waals surface area contributed by atoms with Gasteiger partial charge >= 0.3 is 0 Å². The van der Waals surface area contributed by atoms with E-state index in [0.29, 0.717) is 5.82 Å². The van der Waals surface area contributed by atoms with Crippen LogP contribution in [0.4, 0.5) is 5.82 Å². The van der Waals surface area contributed by atoms with Gasteiger partial charge < -0.3 is 10.2 Å². The Kier molecular flexibility index (Phi) is 1.84. The van der Waals surface area contributed by atoms with Gasteiger partial charge in [0.15, 0.2) is 0 Å². The number of nitrogen functional groups attached to an aromatic ring is 1. The number of rotatable bonds is 1. The molecule has 2 rings (SSSR count). The first-order valence-electron chi connectivity index (χ1n) is 4.45. The Balaban J connectivity index is 2.61. The molecule has 0 amide bonds. The molecule has 0 saturated carbocycles. The van der Waals surface area contributed by atoms with E-state index >= 15 is 0 Å². The predicted octanol–water partition coefficient (Wildman–Crippen LogP) is 1.88. The third-order valence-electron chi connectivity index (χ3n) is 2.25. The topological polar surface area (TPSA) is 57.0 Å². The smallest absolute Gasteiger partial charge is 0.139 e. The van der Waals surface area contributed by atoms with Crippen molar-refractivity contribution in [1.29, 1.82) is 0 Å². The van der Waals surface area contributed by atoms with E-state index in [9.17, 15) is 0 Å². The Morgan fingerprint density at radius 1 is 1.36 bits per heavy atom. The highest BCUT2D eigenvalue weighted by atomic mass is 16.3. The zero-order valence-electron chi connectivity index (χ0n) is 8.53. The van der Waals surface area contributed by atoms with Gasteiger partial charge in [0, 0.05) is 7.05 Å². The van der Waals surface area contributed by atoms with Crippen molar-refractivity contribution < 1.29 is 4.42 Å². The summed E-state index contributed by atoms with van der Waals surface area (Å²) in [6, 6.07) is 3.83. The summed E-state index contributed by atoms with van der Waals surface area (Å²) >= 11 is 0. The van der Waals surface area contributed by atoms with Crippen LogP contribution >= 0.6 is 0 Å². The molecule has 2 heterocycles. The number of nitrogens with two attached hydrogens (primary N) is 1. The molecule has 0 aliphatic heterocycles. The summed E-state index contributed by atoms with van der Waals surface area (Å²) in [6.07, 6.45) is 0. The lowest BCUT2D eigenvalue weighted by molar-refractivity contribution is 0.548. The minimum atomic E-state index is 0.636. The molecule has 4 heteroatoms. The highest BCUT2D eigenvalue weighted by Gasteiger charge is 2.14. The Bertz CT molecular complexity index is 468. The Morgan fingerprint density at radius 3 is 2.50 bits per heavy atom. The summed E-state index contributed by atoms with van der Waals surface area (Å²) in [7, 11) is 1.82. The lowest BCUT2D eigenvalue weighted by atomic mass is 10.2. The van der Waals surface area contributed by atoms with Crippen molar-refractivity contribution in [3.05, 3.63) is 23.6 Å². The average molecular weight is 191 g/mol. The van der Waals surface area contributed by atoms with E-state index in [-0.39, 0.29) is 0 Å². The number of anilines is 1. The summed E-state index contributed by atoms with van der Waals surface area (Å²) in [6.45, 7) is 3.83. The molecule has 74 valence electrons. The van der Waals surface area contributed by atoms with E-state index in [1.807, 2.05) is 33.0 Å². The largest absolute Gasteiger partial charge is 0.461 e. The fourth-order valence-electron chi connectivity index (χ4n) is 1.55. The second-order valence-corrected chi connectivity index (χ2v) is 3.38. The minimum Gasteiger partial charge on any atom is -0.461 e. The zero-order valence-corrected chi connectivity index (χ0v) is 8.53. The molecule has 0 aliphatic rings. The summed E-state index contributed by atoms with van der Waals surface area (Å²) in [5.41, 5.74) is 7.66. The van der Waals surface area contributed by atoms with E-state index < -0.39 is 0 Å². The first kappa shape index (κ1) is 8.87. The van der Waals surface area contributed by atoms with Crippen molar-refractivity contribution in [2.75, 3.05) is 5.73 Å². The molecule has 0 fully saturated rings. The van der Waals surface area contributed by atoms with Crippen molar-refractivity contribution in [1.82, 2.24) is 9.78 Å². The van der Waals surface area contributed by atoms with Crippen LogP contribution in [0.2, 0.25) is 0 Å². The fraction of sp³-hybridized carbons (Fsp3) is 0.300. The number of hydrogen-bond acceptors (Lipinski definition) is 3. The van der Waals surface area contributed by atoms with E-state index in [1.54, 1.807) is 4.68 Å². The molecule has 0 aromatic carbocycles. The summed E-state index contributed by atoms with van der Waals surface area (Å²) in [4.78, 5) is 0. The van der Waals surface area contributed by atoms with Crippen molar-refractivity contribution in [3.8, 4) is 11.3 Å². The molecule has 0 atom stereocenters. The number of aryl methyl sites for hydroxylation is 3. The average Bonchev–Trinajstić information content (AvgIpc) is 2.60. The summed E-state index contributed by atoms with van der Waals surface area (Å²) < 4.78 is 7.17. The number of nitrogens with zero attached hydrogens (tertiary/aromatic N) is 2. The molecule has 0 spiro atoms. The second-order valence-electron chi connectivity index (χ2n) is 3.38. The first-order valence-corrected chi connectivity index (χ1v) is 4.45. The third kappa shape index (κ3) is 1.19. The van der Waals surface area contributed by atoms with Gasteiger partial charge in [0.2, 0.25) is 0 Å². The molecule has 2 aromatic rings. The summed E-state index contributed by atoms with van der Waals surface area (Å²) in [5.74, 6) is 2.30. The van der Waals surface area contributed by atoms with Crippen LogP contribution in [0.25, 0.3) is 11.3 Å². The highest BCUT2D eigenvalue weighted by Crippen LogP contribution is 2.29. The van der Waals surface area contributed by atoms with E-state index in [0.717, 1.165) is 22.8 Å². The van der Waals surface area contributed by atoms with E-state index in [4.69, 9.17) is 10.2 Å². The molecule has 0 radical (unpaired) electrons. The molecule has 2 N–H and O–H groups in total. The van der Waals surface area contributed by atoms with Gasteiger partial charge in [0.1, 0.15) is 17.3 Å². The zero-order chi connectivity index (χ0) is 10.3. The van der Waals surface area contributed by atoms with Gasteiger partial charge in [-0.15, -0.1) is 0 Å². The lowest BCUT2D eigenvalue weighted by Gasteiger charge is -1.96. The maximum atomic E-state index is 5.89. The SMILES string of the molecule is Cc1ccc(-c2c(C)nn(C)c2N)o1. The molecule has 0 unspecified atom stereocenters.